The van der Waals surface area contributed by atoms with Crippen LogP contribution in [0.3, 0.4) is 0 Å². The largest absolute Gasteiger partial charge is 0.491 e. The van der Waals surface area contributed by atoms with Gasteiger partial charge in [-0.2, -0.15) is 0 Å². The molecule has 17 heavy (non-hydrogen) atoms. The zero-order chi connectivity index (χ0) is 12.8. The Labute approximate surface area is 103 Å². The molecular formula is C14H22FNO. The second-order valence-electron chi connectivity index (χ2n) is 4.86. The standard InChI is InChI=1S/C14H22FNO/c1-10(2)5-4-8-17-14-7-6-12(11(3)16)9-13(14)15/h6-7,9-11H,4-5,8,16H2,1-3H3/t11-/m1/s1. The van der Waals surface area contributed by atoms with Gasteiger partial charge in [0.2, 0.25) is 0 Å². The lowest BCUT2D eigenvalue weighted by Crippen LogP contribution is -2.06. The first-order valence-corrected chi connectivity index (χ1v) is 6.18. The summed E-state index contributed by atoms with van der Waals surface area (Å²) in [5.74, 6) is 0.645. The van der Waals surface area contributed by atoms with E-state index in [9.17, 15) is 4.39 Å². The first-order valence-electron chi connectivity index (χ1n) is 6.18. The van der Waals surface area contributed by atoms with Gasteiger partial charge in [-0.15, -0.1) is 0 Å². The Balaban J connectivity index is 2.49. The molecule has 1 atom stereocenters. The third-order valence-corrected chi connectivity index (χ3v) is 2.67. The number of hydrogen-bond acceptors (Lipinski definition) is 2. The molecule has 1 aromatic rings. The summed E-state index contributed by atoms with van der Waals surface area (Å²) in [6.45, 7) is 6.72. The molecule has 0 aliphatic heterocycles. The minimum Gasteiger partial charge on any atom is -0.491 e. The highest BCUT2D eigenvalue weighted by molar-refractivity contribution is 5.30. The van der Waals surface area contributed by atoms with Crippen molar-refractivity contribution in [3.05, 3.63) is 29.6 Å². The van der Waals surface area contributed by atoms with Crippen LogP contribution in [-0.4, -0.2) is 6.61 Å². The molecule has 96 valence electrons. The average molecular weight is 239 g/mol. The van der Waals surface area contributed by atoms with Gasteiger partial charge in [0, 0.05) is 6.04 Å². The third-order valence-electron chi connectivity index (χ3n) is 2.67. The van der Waals surface area contributed by atoms with E-state index in [1.54, 1.807) is 6.07 Å². The summed E-state index contributed by atoms with van der Waals surface area (Å²) in [5.41, 5.74) is 6.47. The molecule has 0 aliphatic rings. The van der Waals surface area contributed by atoms with Crippen LogP contribution in [0.15, 0.2) is 18.2 Å². The molecule has 2 N–H and O–H groups in total. The molecule has 1 rings (SSSR count). The molecule has 2 nitrogen and oxygen atoms in total. The van der Waals surface area contributed by atoms with Gasteiger partial charge >= 0.3 is 0 Å². The number of nitrogens with two attached hydrogens (primary N) is 1. The van der Waals surface area contributed by atoms with Crippen molar-refractivity contribution in [2.75, 3.05) is 6.61 Å². The van der Waals surface area contributed by atoms with Crippen molar-refractivity contribution in [2.24, 2.45) is 11.7 Å². The number of hydrogen-bond donors (Lipinski definition) is 1. The summed E-state index contributed by atoms with van der Waals surface area (Å²) in [7, 11) is 0. The van der Waals surface area contributed by atoms with Gasteiger partial charge in [-0.05, 0) is 43.4 Å². The summed E-state index contributed by atoms with van der Waals surface area (Å²) >= 11 is 0. The van der Waals surface area contributed by atoms with E-state index >= 15 is 0 Å². The predicted octanol–water partition coefficient (Wildman–Crippen LogP) is 3.66. The van der Waals surface area contributed by atoms with Gasteiger partial charge < -0.3 is 10.5 Å². The van der Waals surface area contributed by atoms with Crippen molar-refractivity contribution < 1.29 is 9.13 Å². The molecule has 0 fully saturated rings. The van der Waals surface area contributed by atoms with Crippen LogP contribution in [0.4, 0.5) is 4.39 Å². The summed E-state index contributed by atoms with van der Waals surface area (Å²) in [6.07, 6.45) is 2.05. The van der Waals surface area contributed by atoms with Crippen molar-refractivity contribution in [1.82, 2.24) is 0 Å². The van der Waals surface area contributed by atoms with E-state index in [0.717, 1.165) is 18.4 Å². The summed E-state index contributed by atoms with van der Waals surface area (Å²) in [5, 5.41) is 0. The number of ether oxygens (including phenoxy) is 1. The van der Waals surface area contributed by atoms with Gasteiger partial charge in [-0.1, -0.05) is 19.9 Å². The van der Waals surface area contributed by atoms with E-state index in [1.165, 1.54) is 6.07 Å². The van der Waals surface area contributed by atoms with Crippen LogP contribution in [-0.2, 0) is 0 Å². The minimum absolute atomic E-state index is 0.153. The zero-order valence-corrected chi connectivity index (χ0v) is 10.9. The molecule has 0 heterocycles. The second kappa shape index (κ2) is 6.60. The van der Waals surface area contributed by atoms with Crippen LogP contribution < -0.4 is 10.5 Å². The average Bonchev–Trinajstić information content (AvgIpc) is 2.25. The Hall–Kier alpha value is -1.09. The first kappa shape index (κ1) is 14.0. The highest BCUT2D eigenvalue weighted by atomic mass is 19.1. The molecule has 1 aromatic carbocycles. The van der Waals surface area contributed by atoms with Gasteiger partial charge in [-0.25, -0.2) is 4.39 Å². The Morgan fingerprint density at radius 3 is 2.53 bits per heavy atom. The van der Waals surface area contributed by atoms with Gasteiger partial charge in [0.05, 0.1) is 6.61 Å². The van der Waals surface area contributed by atoms with E-state index in [4.69, 9.17) is 10.5 Å². The quantitative estimate of drug-likeness (QED) is 0.769. The van der Waals surface area contributed by atoms with E-state index < -0.39 is 0 Å². The maximum absolute atomic E-state index is 13.6. The Morgan fingerprint density at radius 2 is 2.00 bits per heavy atom. The molecule has 0 spiro atoms. The Kier molecular flexibility index (Phi) is 5.42. The van der Waals surface area contributed by atoms with Gasteiger partial charge in [0.1, 0.15) is 0 Å². The van der Waals surface area contributed by atoms with Crippen LogP contribution in [0.25, 0.3) is 0 Å². The van der Waals surface area contributed by atoms with Gasteiger partial charge in [0.25, 0.3) is 0 Å². The van der Waals surface area contributed by atoms with Crippen LogP contribution in [0.1, 0.15) is 45.2 Å². The van der Waals surface area contributed by atoms with E-state index in [0.29, 0.717) is 18.3 Å². The fourth-order valence-corrected chi connectivity index (χ4v) is 1.59. The first-order chi connectivity index (χ1) is 8.00. The number of benzene rings is 1. The molecule has 0 amide bonds. The number of halogens is 1. The normalized spacial score (nSPS) is 12.8. The Morgan fingerprint density at radius 1 is 1.29 bits per heavy atom. The highest BCUT2D eigenvalue weighted by Gasteiger charge is 2.07. The van der Waals surface area contributed by atoms with E-state index in [2.05, 4.69) is 13.8 Å². The lowest BCUT2D eigenvalue weighted by Gasteiger charge is -2.11. The minimum atomic E-state index is -0.329. The van der Waals surface area contributed by atoms with Crippen molar-refractivity contribution >= 4 is 0 Å². The summed E-state index contributed by atoms with van der Waals surface area (Å²) in [6, 6.07) is 4.76. The lowest BCUT2D eigenvalue weighted by molar-refractivity contribution is 0.284. The maximum atomic E-state index is 13.6. The molecule has 0 unspecified atom stereocenters. The molecule has 0 bridgehead atoms. The van der Waals surface area contributed by atoms with Crippen molar-refractivity contribution in [2.45, 2.75) is 39.7 Å². The second-order valence-corrected chi connectivity index (χ2v) is 4.86. The Bertz CT molecular complexity index is 350. The van der Waals surface area contributed by atoms with Crippen molar-refractivity contribution in [3.8, 4) is 5.75 Å². The van der Waals surface area contributed by atoms with Crippen LogP contribution >= 0.6 is 0 Å². The van der Waals surface area contributed by atoms with Crippen LogP contribution in [0, 0.1) is 11.7 Å². The third kappa shape index (κ3) is 4.73. The summed E-state index contributed by atoms with van der Waals surface area (Å²) < 4.78 is 19.0. The van der Waals surface area contributed by atoms with Gasteiger partial charge in [0.15, 0.2) is 11.6 Å². The van der Waals surface area contributed by atoms with E-state index in [-0.39, 0.29) is 11.9 Å². The number of rotatable bonds is 6. The molecule has 0 aliphatic carbocycles. The fraction of sp³-hybridized carbons (Fsp3) is 0.571. The predicted molar refractivity (Wildman–Crippen MR) is 68.6 cm³/mol. The molecule has 3 heteroatoms. The molecule has 0 aromatic heterocycles. The fourth-order valence-electron chi connectivity index (χ4n) is 1.59. The SMILES string of the molecule is CC(C)CCCOc1ccc([C@@H](C)N)cc1F. The topological polar surface area (TPSA) is 35.2 Å². The zero-order valence-electron chi connectivity index (χ0n) is 10.9. The lowest BCUT2D eigenvalue weighted by atomic mass is 10.1. The van der Waals surface area contributed by atoms with E-state index in [1.807, 2.05) is 13.0 Å². The maximum Gasteiger partial charge on any atom is 0.165 e. The van der Waals surface area contributed by atoms with Crippen LogP contribution in [0.5, 0.6) is 5.75 Å². The summed E-state index contributed by atoms with van der Waals surface area (Å²) in [4.78, 5) is 0. The smallest absolute Gasteiger partial charge is 0.165 e. The molecule has 0 saturated heterocycles. The van der Waals surface area contributed by atoms with Crippen LogP contribution in [0.2, 0.25) is 0 Å². The monoisotopic (exact) mass is 239 g/mol. The van der Waals surface area contributed by atoms with Crippen molar-refractivity contribution in [1.29, 1.82) is 0 Å². The van der Waals surface area contributed by atoms with Crippen molar-refractivity contribution in [3.63, 3.8) is 0 Å². The molecule has 0 radical (unpaired) electrons. The molecular weight excluding hydrogens is 217 g/mol. The molecule has 0 saturated carbocycles. The highest BCUT2D eigenvalue weighted by Crippen LogP contribution is 2.21. The van der Waals surface area contributed by atoms with Gasteiger partial charge in [-0.3, -0.25) is 0 Å².